The third-order valence-electron chi connectivity index (χ3n) is 6.83. The Morgan fingerprint density at radius 3 is 1.79 bits per heavy atom. The molecule has 3 aromatic carbocycles. The fourth-order valence-corrected chi connectivity index (χ4v) is 4.15. The first-order valence-electron chi connectivity index (χ1n) is 11.8. The fourth-order valence-electron chi connectivity index (χ4n) is 4.15. The van der Waals surface area contributed by atoms with Crippen LogP contribution in [0.3, 0.4) is 0 Å². The topological polar surface area (TPSA) is 57.4 Å². The monoisotopic (exact) mass is 436 g/mol. The highest BCUT2D eigenvalue weighted by Crippen LogP contribution is 2.31. The van der Waals surface area contributed by atoms with Gasteiger partial charge in [-0.15, -0.1) is 0 Å². The summed E-state index contributed by atoms with van der Waals surface area (Å²) in [7, 11) is 0. The molecule has 0 fully saturated rings. The molecule has 0 saturated carbocycles. The second-order valence-electron chi connectivity index (χ2n) is 10.7. The maximum atomic E-state index is 4.84. The van der Waals surface area contributed by atoms with Gasteiger partial charge < -0.3 is 9.97 Å². The molecule has 0 aliphatic rings. The summed E-state index contributed by atoms with van der Waals surface area (Å²) in [6.07, 6.45) is 1.11. The summed E-state index contributed by atoms with van der Waals surface area (Å²) in [5.74, 6) is 1.92. The van der Waals surface area contributed by atoms with E-state index in [1.54, 1.807) is 0 Å². The van der Waals surface area contributed by atoms with Crippen molar-refractivity contribution in [3.63, 3.8) is 0 Å². The average Bonchev–Trinajstić information content (AvgIpc) is 3.42. The van der Waals surface area contributed by atoms with Crippen LogP contribution in [0.2, 0.25) is 0 Å². The molecule has 2 aromatic heterocycles. The summed E-state index contributed by atoms with van der Waals surface area (Å²) in [6.45, 7) is 13.3. The van der Waals surface area contributed by atoms with E-state index in [0.29, 0.717) is 0 Å². The van der Waals surface area contributed by atoms with E-state index in [4.69, 9.17) is 9.97 Å². The number of nitrogens with zero attached hydrogens (tertiary/aromatic N) is 2. The van der Waals surface area contributed by atoms with Crippen molar-refractivity contribution in [3.8, 4) is 22.5 Å². The van der Waals surface area contributed by atoms with Crippen molar-refractivity contribution in [1.82, 2.24) is 19.9 Å². The number of benzene rings is 3. The SMILES string of the molecule is CCC(C)(C)c1ccc(-c2nc3ccc(-c4ccc5nc(C(C)(C)C)[nH]c5c4)cc3[nH]2)cc1. The van der Waals surface area contributed by atoms with Crippen LogP contribution in [0.15, 0.2) is 60.7 Å². The summed E-state index contributed by atoms with van der Waals surface area (Å²) < 4.78 is 0. The van der Waals surface area contributed by atoms with Crippen LogP contribution < -0.4 is 0 Å². The summed E-state index contributed by atoms with van der Waals surface area (Å²) in [5.41, 5.74) is 9.06. The van der Waals surface area contributed by atoms with E-state index >= 15 is 0 Å². The third kappa shape index (κ3) is 3.95. The van der Waals surface area contributed by atoms with Crippen molar-refractivity contribution in [3.05, 3.63) is 72.1 Å². The van der Waals surface area contributed by atoms with Gasteiger partial charge in [-0.05, 0) is 52.8 Å². The zero-order valence-electron chi connectivity index (χ0n) is 20.4. The van der Waals surface area contributed by atoms with E-state index in [1.807, 2.05) is 0 Å². The third-order valence-corrected chi connectivity index (χ3v) is 6.83. The Balaban J connectivity index is 1.48. The molecule has 0 saturated heterocycles. The Bertz CT molecular complexity index is 1440. The van der Waals surface area contributed by atoms with E-state index in [2.05, 4.69) is 112 Å². The number of nitrogens with one attached hydrogen (secondary N) is 2. The molecule has 0 unspecified atom stereocenters. The highest BCUT2D eigenvalue weighted by molar-refractivity contribution is 5.87. The number of hydrogen-bond donors (Lipinski definition) is 2. The van der Waals surface area contributed by atoms with E-state index in [9.17, 15) is 0 Å². The van der Waals surface area contributed by atoms with Crippen molar-refractivity contribution in [1.29, 1.82) is 0 Å². The van der Waals surface area contributed by atoms with Crippen LogP contribution in [0, 0.1) is 0 Å². The molecule has 168 valence electrons. The van der Waals surface area contributed by atoms with Gasteiger partial charge in [-0.1, -0.05) is 77.9 Å². The van der Waals surface area contributed by atoms with Crippen LogP contribution in [-0.4, -0.2) is 19.9 Å². The Labute approximate surface area is 195 Å². The second-order valence-corrected chi connectivity index (χ2v) is 10.7. The van der Waals surface area contributed by atoms with Gasteiger partial charge in [-0.25, -0.2) is 9.97 Å². The van der Waals surface area contributed by atoms with Crippen LogP contribution in [-0.2, 0) is 10.8 Å². The van der Waals surface area contributed by atoms with E-state index in [-0.39, 0.29) is 10.8 Å². The van der Waals surface area contributed by atoms with Crippen molar-refractivity contribution < 1.29 is 0 Å². The van der Waals surface area contributed by atoms with Gasteiger partial charge in [0.25, 0.3) is 0 Å². The van der Waals surface area contributed by atoms with Gasteiger partial charge in [-0.2, -0.15) is 0 Å². The van der Waals surface area contributed by atoms with Crippen LogP contribution in [0.25, 0.3) is 44.6 Å². The van der Waals surface area contributed by atoms with E-state index < -0.39 is 0 Å². The number of hydrogen-bond acceptors (Lipinski definition) is 2. The summed E-state index contributed by atoms with van der Waals surface area (Å²) in [4.78, 5) is 16.6. The smallest absolute Gasteiger partial charge is 0.138 e. The number of H-pyrrole nitrogens is 2. The van der Waals surface area contributed by atoms with Crippen molar-refractivity contribution >= 4 is 22.1 Å². The van der Waals surface area contributed by atoms with Crippen LogP contribution in [0.1, 0.15) is 59.4 Å². The summed E-state index contributed by atoms with van der Waals surface area (Å²) >= 11 is 0. The molecule has 0 radical (unpaired) electrons. The zero-order chi connectivity index (χ0) is 23.4. The minimum absolute atomic E-state index is 0.00505. The van der Waals surface area contributed by atoms with Crippen molar-refractivity contribution in [2.75, 3.05) is 0 Å². The molecule has 0 amide bonds. The molecule has 5 aromatic rings. The molecule has 4 heteroatoms. The van der Waals surface area contributed by atoms with Gasteiger partial charge in [0, 0.05) is 11.0 Å². The molecule has 0 atom stereocenters. The second kappa shape index (κ2) is 7.58. The van der Waals surface area contributed by atoms with Gasteiger partial charge in [-0.3, -0.25) is 0 Å². The molecule has 5 rings (SSSR count). The van der Waals surface area contributed by atoms with Gasteiger partial charge in [0.2, 0.25) is 0 Å². The molecule has 2 heterocycles. The molecular weight excluding hydrogens is 404 g/mol. The lowest BCUT2D eigenvalue weighted by Gasteiger charge is -2.23. The highest BCUT2D eigenvalue weighted by atomic mass is 14.9. The van der Waals surface area contributed by atoms with Gasteiger partial charge in [0.15, 0.2) is 0 Å². The lowest BCUT2D eigenvalue weighted by atomic mass is 9.82. The van der Waals surface area contributed by atoms with Gasteiger partial charge in [0.1, 0.15) is 11.6 Å². The zero-order valence-corrected chi connectivity index (χ0v) is 20.4. The predicted octanol–water partition coefficient (Wildman–Crippen LogP) is 7.76. The first-order valence-corrected chi connectivity index (χ1v) is 11.8. The Morgan fingerprint density at radius 2 is 1.21 bits per heavy atom. The van der Waals surface area contributed by atoms with Crippen LogP contribution in [0.5, 0.6) is 0 Å². The molecule has 0 bridgehead atoms. The number of aromatic nitrogens is 4. The lowest BCUT2D eigenvalue weighted by Crippen LogP contribution is -2.14. The van der Waals surface area contributed by atoms with Gasteiger partial charge >= 0.3 is 0 Å². The first-order chi connectivity index (χ1) is 15.6. The number of fused-ring (bicyclic) bond motifs is 2. The van der Waals surface area contributed by atoms with E-state index in [0.717, 1.165) is 56.8 Å². The summed E-state index contributed by atoms with van der Waals surface area (Å²) in [6, 6.07) is 21.6. The maximum Gasteiger partial charge on any atom is 0.138 e. The molecular formula is C29H32N4. The standard InChI is InChI=1S/C29H32N4/c1-7-29(5,6)21-12-8-18(9-13-21)26-30-22-14-10-19(16-24(22)31-26)20-11-15-23-25(17-20)33-27(32-23)28(2,3)4/h8-17H,7H2,1-6H3,(H,30,31)(H,32,33). The average molecular weight is 437 g/mol. The van der Waals surface area contributed by atoms with Crippen molar-refractivity contribution in [2.45, 2.75) is 58.8 Å². The van der Waals surface area contributed by atoms with Crippen LogP contribution in [0.4, 0.5) is 0 Å². The minimum atomic E-state index is -0.00505. The molecule has 0 aliphatic heterocycles. The largest absolute Gasteiger partial charge is 0.342 e. The highest BCUT2D eigenvalue weighted by Gasteiger charge is 2.19. The number of rotatable bonds is 4. The Kier molecular flexibility index (Phi) is 4.93. The Hall–Kier alpha value is -3.40. The fraction of sp³-hybridized carbons (Fsp3) is 0.310. The maximum absolute atomic E-state index is 4.84. The molecule has 2 N–H and O–H groups in total. The summed E-state index contributed by atoms with van der Waals surface area (Å²) in [5, 5.41) is 0. The normalized spacial score (nSPS) is 12.7. The molecule has 4 nitrogen and oxygen atoms in total. The van der Waals surface area contributed by atoms with Crippen molar-refractivity contribution in [2.24, 2.45) is 0 Å². The quantitative estimate of drug-likeness (QED) is 0.302. The number of aromatic amines is 2. The molecule has 0 spiro atoms. The lowest BCUT2D eigenvalue weighted by molar-refractivity contribution is 0.506. The van der Waals surface area contributed by atoms with Crippen LogP contribution >= 0.6 is 0 Å². The molecule has 33 heavy (non-hydrogen) atoms. The van der Waals surface area contributed by atoms with E-state index in [1.165, 1.54) is 5.56 Å². The molecule has 0 aliphatic carbocycles. The minimum Gasteiger partial charge on any atom is -0.342 e. The number of imidazole rings is 2. The first kappa shape index (κ1) is 21.4. The predicted molar refractivity (Wildman–Crippen MR) is 139 cm³/mol. The van der Waals surface area contributed by atoms with Gasteiger partial charge in [0.05, 0.1) is 22.1 Å². The Morgan fingerprint density at radius 1 is 0.667 bits per heavy atom.